The molecule has 2 heteroatoms. The zero-order chi connectivity index (χ0) is 12.3. The van der Waals surface area contributed by atoms with Crippen molar-refractivity contribution in [2.45, 2.75) is 46.1 Å². The van der Waals surface area contributed by atoms with Gasteiger partial charge >= 0.3 is 0 Å². The topological polar surface area (TPSA) is 32.3 Å². The number of phenols is 1. The normalized spacial score (nSPS) is 15.2. The van der Waals surface area contributed by atoms with Crippen LogP contribution in [0, 0.1) is 19.8 Å². The minimum atomic E-state index is 0.433. The van der Waals surface area contributed by atoms with Crippen LogP contribution in [0.15, 0.2) is 12.1 Å². The van der Waals surface area contributed by atoms with Gasteiger partial charge in [0.2, 0.25) is 0 Å². The molecular formula is C15H23NO. The zero-order valence-corrected chi connectivity index (χ0v) is 10.9. The van der Waals surface area contributed by atoms with E-state index in [2.05, 4.69) is 17.4 Å². The molecule has 1 aliphatic carbocycles. The summed E-state index contributed by atoms with van der Waals surface area (Å²) < 4.78 is 0. The smallest absolute Gasteiger partial charge is 0.121 e. The number of nitrogens with one attached hydrogen (secondary N) is 1. The van der Waals surface area contributed by atoms with E-state index in [1.165, 1.54) is 31.2 Å². The third kappa shape index (κ3) is 3.74. The molecule has 1 aliphatic rings. The van der Waals surface area contributed by atoms with Gasteiger partial charge in [0.1, 0.15) is 5.75 Å². The highest BCUT2D eigenvalue weighted by Crippen LogP contribution is 2.33. The maximum atomic E-state index is 9.69. The van der Waals surface area contributed by atoms with Crippen molar-refractivity contribution in [3.8, 4) is 5.75 Å². The molecule has 0 heterocycles. The summed E-state index contributed by atoms with van der Waals surface area (Å²) in [5.74, 6) is 1.47. The van der Waals surface area contributed by atoms with Gasteiger partial charge in [0.15, 0.2) is 0 Å². The number of aromatic hydroxyl groups is 1. The molecule has 1 aromatic rings. The van der Waals surface area contributed by atoms with Crippen molar-refractivity contribution in [1.29, 1.82) is 0 Å². The number of rotatable bonds is 6. The van der Waals surface area contributed by atoms with E-state index in [0.29, 0.717) is 5.75 Å². The van der Waals surface area contributed by atoms with Crippen LogP contribution >= 0.6 is 0 Å². The summed E-state index contributed by atoms with van der Waals surface area (Å²) in [6.07, 6.45) is 5.59. The summed E-state index contributed by atoms with van der Waals surface area (Å²) in [6, 6.07) is 4.13. The predicted molar refractivity (Wildman–Crippen MR) is 71.2 cm³/mol. The number of hydrogen-bond donors (Lipinski definition) is 2. The molecule has 0 aliphatic heterocycles. The highest BCUT2D eigenvalue weighted by molar-refractivity contribution is 5.42. The van der Waals surface area contributed by atoms with Crippen LogP contribution in [-0.2, 0) is 6.54 Å². The quantitative estimate of drug-likeness (QED) is 0.739. The molecule has 2 nitrogen and oxygen atoms in total. The number of hydrogen-bond acceptors (Lipinski definition) is 2. The Morgan fingerprint density at radius 1 is 1.24 bits per heavy atom. The fourth-order valence-corrected chi connectivity index (χ4v) is 2.30. The first-order valence-electron chi connectivity index (χ1n) is 6.66. The first kappa shape index (κ1) is 12.4. The van der Waals surface area contributed by atoms with Crippen LogP contribution in [0.25, 0.3) is 0 Å². The van der Waals surface area contributed by atoms with Crippen LogP contribution in [0.3, 0.4) is 0 Å². The molecule has 0 amide bonds. The average Bonchev–Trinajstić information content (AvgIpc) is 3.09. The molecule has 1 saturated carbocycles. The summed E-state index contributed by atoms with van der Waals surface area (Å²) in [4.78, 5) is 0. The Hall–Kier alpha value is -1.02. The van der Waals surface area contributed by atoms with E-state index in [4.69, 9.17) is 0 Å². The first-order valence-corrected chi connectivity index (χ1v) is 6.66. The van der Waals surface area contributed by atoms with Crippen LogP contribution in [0.5, 0.6) is 5.75 Å². The van der Waals surface area contributed by atoms with Gasteiger partial charge in [-0.2, -0.15) is 0 Å². The van der Waals surface area contributed by atoms with Crippen molar-refractivity contribution < 1.29 is 5.11 Å². The second-order valence-electron chi connectivity index (χ2n) is 5.34. The van der Waals surface area contributed by atoms with E-state index in [1.807, 2.05) is 13.8 Å². The van der Waals surface area contributed by atoms with Crippen LogP contribution in [-0.4, -0.2) is 11.7 Å². The fourth-order valence-electron chi connectivity index (χ4n) is 2.30. The summed E-state index contributed by atoms with van der Waals surface area (Å²) in [7, 11) is 0. The zero-order valence-electron chi connectivity index (χ0n) is 10.9. The Balaban J connectivity index is 1.73. The fraction of sp³-hybridized carbons (Fsp3) is 0.600. The molecule has 1 aromatic carbocycles. The molecule has 1 fully saturated rings. The second-order valence-corrected chi connectivity index (χ2v) is 5.34. The van der Waals surface area contributed by atoms with Gasteiger partial charge in [0, 0.05) is 6.54 Å². The maximum absolute atomic E-state index is 9.69. The van der Waals surface area contributed by atoms with Gasteiger partial charge in [0.05, 0.1) is 0 Å². The van der Waals surface area contributed by atoms with Crippen LogP contribution in [0.2, 0.25) is 0 Å². The van der Waals surface area contributed by atoms with Crippen molar-refractivity contribution in [2.24, 2.45) is 5.92 Å². The molecule has 17 heavy (non-hydrogen) atoms. The molecule has 94 valence electrons. The van der Waals surface area contributed by atoms with Gasteiger partial charge in [-0.15, -0.1) is 0 Å². The Labute approximate surface area is 104 Å². The third-order valence-corrected chi connectivity index (χ3v) is 3.54. The Morgan fingerprint density at radius 2 is 1.88 bits per heavy atom. The lowest BCUT2D eigenvalue weighted by Crippen LogP contribution is -2.15. The predicted octanol–water partition coefficient (Wildman–Crippen LogP) is 3.29. The van der Waals surface area contributed by atoms with E-state index < -0.39 is 0 Å². The van der Waals surface area contributed by atoms with Gasteiger partial charge < -0.3 is 10.4 Å². The molecule has 0 unspecified atom stereocenters. The van der Waals surface area contributed by atoms with Crippen LogP contribution in [0.1, 0.15) is 42.4 Å². The lowest BCUT2D eigenvalue weighted by Gasteiger charge is -2.09. The number of aryl methyl sites for hydroxylation is 2. The highest BCUT2D eigenvalue weighted by Gasteiger charge is 2.19. The van der Waals surface area contributed by atoms with Crippen LogP contribution in [0.4, 0.5) is 0 Å². The van der Waals surface area contributed by atoms with Crippen molar-refractivity contribution in [1.82, 2.24) is 5.32 Å². The molecule has 2 rings (SSSR count). The van der Waals surface area contributed by atoms with E-state index in [9.17, 15) is 5.11 Å². The number of benzene rings is 1. The summed E-state index contributed by atoms with van der Waals surface area (Å²) >= 11 is 0. The third-order valence-electron chi connectivity index (χ3n) is 3.54. The van der Waals surface area contributed by atoms with E-state index >= 15 is 0 Å². The summed E-state index contributed by atoms with van der Waals surface area (Å²) in [5.41, 5.74) is 3.21. The Kier molecular flexibility index (Phi) is 4.06. The monoisotopic (exact) mass is 233 g/mol. The molecular weight excluding hydrogens is 210 g/mol. The van der Waals surface area contributed by atoms with Crippen molar-refractivity contribution in [3.63, 3.8) is 0 Å². The van der Waals surface area contributed by atoms with E-state index in [-0.39, 0.29) is 0 Å². The van der Waals surface area contributed by atoms with Crippen molar-refractivity contribution in [3.05, 3.63) is 28.8 Å². The van der Waals surface area contributed by atoms with Gasteiger partial charge in [-0.25, -0.2) is 0 Å². The molecule has 0 atom stereocenters. The van der Waals surface area contributed by atoms with Gasteiger partial charge in [0.25, 0.3) is 0 Å². The van der Waals surface area contributed by atoms with Gasteiger partial charge in [-0.3, -0.25) is 0 Å². The second kappa shape index (κ2) is 5.54. The Bertz CT molecular complexity index is 360. The molecule has 0 bridgehead atoms. The van der Waals surface area contributed by atoms with Gasteiger partial charge in [-0.05, 0) is 55.8 Å². The minimum Gasteiger partial charge on any atom is -0.507 e. The lowest BCUT2D eigenvalue weighted by molar-refractivity contribution is 0.466. The minimum absolute atomic E-state index is 0.433. The van der Waals surface area contributed by atoms with Crippen LogP contribution < -0.4 is 5.32 Å². The lowest BCUT2D eigenvalue weighted by atomic mass is 10.1. The largest absolute Gasteiger partial charge is 0.507 e. The molecule has 2 N–H and O–H groups in total. The Morgan fingerprint density at radius 3 is 2.47 bits per heavy atom. The SMILES string of the molecule is Cc1cc(CNCCCC2CC2)cc(C)c1O. The highest BCUT2D eigenvalue weighted by atomic mass is 16.3. The molecule has 0 aromatic heterocycles. The average molecular weight is 233 g/mol. The van der Waals surface area contributed by atoms with Gasteiger partial charge in [-0.1, -0.05) is 25.0 Å². The maximum Gasteiger partial charge on any atom is 0.121 e. The molecule has 0 saturated heterocycles. The summed E-state index contributed by atoms with van der Waals surface area (Å²) in [6.45, 7) is 5.93. The van der Waals surface area contributed by atoms with E-state index in [0.717, 1.165) is 30.1 Å². The number of phenolic OH excluding ortho intramolecular Hbond substituents is 1. The standard InChI is InChI=1S/C15H23NO/c1-11-8-14(9-12(2)15(11)17)10-16-7-3-4-13-5-6-13/h8-9,13,16-17H,3-7,10H2,1-2H3. The first-order chi connectivity index (χ1) is 8.16. The van der Waals surface area contributed by atoms with E-state index in [1.54, 1.807) is 0 Å². The van der Waals surface area contributed by atoms with Crippen molar-refractivity contribution in [2.75, 3.05) is 6.54 Å². The van der Waals surface area contributed by atoms with Crippen molar-refractivity contribution >= 4 is 0 Å². The molecule has 0 radical (unpaired) electrons. The summed E-state index contributed by atoms with van der Waals surface area (Å²) in [5, 5.41) is 13.2. The molecule has 0 spiro atoms.